The third kappa shape index (κ3) is 4.23. The Labute approximate surface area is 130 Å². The summed E-state index contributed by atoms with van der Waals surface area (Å²) in [5, 5.41) is 3.51. The van der Waals surface area contributed by atoms with Gasteiger partial charge in [-0.05, 0) is 48.9 Å². The zero-order valence-corrected chi connectivity index (χ0v) is 14.4. The molecule has 0 aliphatic heterocycles. The number of rotatable bonds is 5. The molecule has 1 aromatic carbocycles. The Balaban J connectivity index is 2.07. The van der Waals surface area contributed by atoms with Crippen LogP contribution in [0.15, 0.2) is 18.2 Å². The molecule has 2 nitrogen and oxygen atoms in total. The van der Waals surface area contributed by atoms with E-state index in [1.165, 1.54) is 42.5 Å². The molecule has 0 spiro atoms. The molecule has 1 fully saturated rings. The van der Waals surface area contributed by atoms with Gasteiger partial charge in [0.25, 0.3) is 0 Å². The van der Waals surface area contributed by atoms with Crippen molar-refractivity contribution in [2.45, 2.75) is 72.0 Å². The Kier molecular flexibility index (Phi) is 5.69. The molecule has 1 saturated carbocycles. The van der Waals surface area contributed by atoms with Crippen molar-refractivity contribution in [1.29, 1.82) is 0 Å². The molecule has 1 aromatic rings. The molecule has 2 atom stereocenters. The predicted octanol–water partition coefficient (Wildman–Crippen LogP) is 4.51. The predicted molar refractivity (Wildman–Crippen MR) is 93.0 cm³/mol. The molecule has 0 saturated heterocycles. The number of anilines is 1. The average Bonchev–Trinajstić information content (AvgIpc) is 2.45. The monoisotopic (exact) mass is 288 g/mol. The average molecular weight is 288 g/mol. The lowest BCUT2D eigenvalue weighted by molar-refractivity contribution is 0.321. The van der Waals surface area contributed by atoms with Crippen LogP contribution in [0.3, 0.4) is 0 Å². The van der Waals surface area contributed by atoms with Crippen LogP contribution in [0.25, 0.3) is 0 Å². The summed E-state index contributed by atoms with van der Waals surface area (Å²) in [6.07, 6.45) is 5.51. The van der Waals surface area contributed by atoms with Gasteiger partial charge in [-0.15, -0.1) is 0 Å². The van der Waals surface area contributed by atoms with Crippen LogP contribution >= 0.6 is 0 Å². The molecule has 2 heteroatoms. The van der Waals surface area contributed by atoms with Crippen LogP contribution in [0, 0.1) is 12.8 Å². The Hall–Kier alpha value is -1.02. The van der Waals surface area contributed by atoms with E-state index in [9.17, 15) is 0 Å². The number of aryl methyl sites for hydroxylation is 1. The Morgan fingerprint density at radius 2 is 1.95 bits per heavy atom. The van der Waals surface area contributed by atoms with E-state index in [2.05, 4.69) is 63.2 Å². The van der Waals surface area contributed by atoms with Crippen molar-refractivity contribution in [3.63, 3.8) is 0 Å². The summed E-state index contributed by atoms with van der Waals surface area (Å²) in [5.74, 6) is 0.811. The zero-order valence-electron chi connectivity index (χ0n) is 14.4. The minimum absolute atomic E-state index is 0.537. The van der Waals surface area contributed by atoms with Gasteiger partial charge in [-0.1, -0.05) is 39.7 Å². The van der Waals surface area contributed by atoms with E-state index >= 15 is 0 Å². The summed E-state index contributed by atoms with van der Waals surface area (Å²) in [6.45, 7) is 10.0. The molecule has 1 N–H and O–H groups in total. The van der Waals surface area contributed by atoms with Crippen LogP contribution in [-0.2, 0) is 6.54 Å². The number of hydrogen-bond acceptors (Lipinski definition) is 2. The molecule has 0 aromatic heterocycles. The summed E-state index contributed by atoms with van der Waals surface area (Å²) >= 11 is 0. The summed E-state index contributed by atoms with van der Waals surface area (Å²) in [5.41, 5.74) is 4.19. The summed E-state index contributed by atoms with van der Waals surface area (Å²) in [6, 6.07) is 8.20. The maximum atomic E-state index is 3.51. The number of hydrogen-bond donors (Lipinski definition) is 1. The molecule has 0 bridgehead atoms. The fourth-order valence-corrected chi connectivity index (χ4v) is 3.48. The molecular formula is C19H32N2. The molecule has 21 heavy (non-hydrogen) atoms. The zero-order chi connectivity index (χ0) is 15.4. The Bertz CT molecular complexity index is 453. The van der Waals surface area contributed by atoms with E-state index in [1.54, 1.807) is 0 Å². The summed E-state index contributed by atoms with van der Waals surface area (Å²) < 4.78 is 0. The van der Waals surface area contributed by atoms with Gasteiger partial charge in [0.15, 0.2) is 0 Å². The fraction of sp³-hybridized carbons (Fsp3) is 0.684. The van der Waals surface area contributed by atoms with Crippen LogP contribution in [0.4, 0.5) is 5.69 Å². The maximum Gasteiger partial charge on any atom is 0.0369 e. The van der Waals surface area contributed by atoms with Gasteiger partial charge in [-0.2, -0.15) is 0 Å². The highest BCUT2D eigenvalue weighted by molar-refractivity contribution is 5.51. The van der Waals surface area contributed by atoms with Gasteiger partial charge in [-0.3, -0.25) is 0 Å². The molecule has 0 amide bonds. The molecule has 2 rings (SSSR count). The van der Waals surface area contributed by atoms with E-state index in [-0.39, 0.29) is 0 Å². The van der Waals surface area contributed by atoms with Crippen molar-refractivity contribution in [2.24, 2.45) is 5.92 Å². The van der Waals surface area contributed by atoms with Gasteiger partial charge in [-0.25, -0.2) is 0 Å². The van der Waals surface area contributed by atoms with Crippen LogP contribution < -0.4 is 10.2 Å². The Morgan fingerprint density at radius 1 is 1.24 bits per heavy atom. The standard InChI is InChI=1S/C19H32N2/c1-14(2)20-13-17-10-11-18(12-16(17)4)21(5)19-9-7-6-8-15(19)3/h10-12,14-15,19-20H,6-9,13H2,1-5H3. The summed E-state index contributed by atoms with van der Waals surface area (Å²) in [7, 11) is 2.27. The number of nitrogens with one attached hydrogen (secondary N) is 1. The van der Waals surface area contributed by atoms with E-state index in [4.69, 9.17) is 0 Å². The smallest absolute Gasteiger partial charge is 0.0369 e. The first-order valence-electron chi connectivity index (χ1n) is 8.54. The topological polar surface area (TPSA) is 15.3 Å². The highest BCUT2D eigenvalue weighted by Gasteiger charge is 2.25. The molecule has 1 aliphatic rings. The van der Waals surface area contributed by atoms with Crippen molar-refractivity contribution >= 4 is 5.69 Å². The van der Waals surface area contributed by atoms with Crippen LogP contribution in [-0.4, -0.2) is 19.1 Å². The first-order valence-corrected chi connectivity index (χ1v) is 8.54. The van der Waals surface area contributed by atoms with Gasteiger partial charge in [0.05, 0.1) is 0 Å². The van der Waals surface area contributed by atoms with Crippen molar-refractivity contribution in [3.05, 3.63) is 29.3 Å². The SMILES string of the molecule is Cc1cc(N(C)C2CCCCC2C)ccc1CNC(C)C. The van der Waals surface area contributed by atoms with E-state index in [0.29, 0.717) is 12.1 Å². The minimum Gasteiger partial charge on any atom is -0.371 e. The normalized spacial score (nSPS) is 22.6. The summed E-state index contributed by atoms with van der Waals surface area (Å²) in [4.78, 5) is 2.51. The molecule has 0 heterocycles. The van der Waals surface area contributed by atoms with Crippen LogP contribution in [0.1, 0.15) is 57.6 Å². The first kappa shape index (κ1) is 16.4. The largest absolute Gasteiger partial charge is 0.371 e. The van der Waals surface area contributed by atoms with Gasteiger partial charge >= 0.3 is 0 Å². The van der Waals surface area contributed by atoms with Crippen molar-refractivity contribution in [1.82, 2.24) is 5.32 Å². The highest BCUT2D eigenvalue weighted by atomic mass is 15.1. The van der Waals surface area contributed by atoms with E-state index in [0.717, 1.165) is 12.5 Å². The minimum atomic E-state index is 0.537. The quantitative estimate of drug-likeness (QED) is 0.857. The second kappa shape index (κ2) is 7.31. The lowest BCUT2D eigenvalue weighted by Gasteiger charge is -2.38. The fourth-order valence-electron chi connectivity index (χ4n) is 3.48. The lowest BCUT2D eigenvalue weighted by atomic mass is 9.85. The van der Waals surface area contributed by atoms with Gasteiger partial charge < -0.3 is 10.2 Å². The second-order valence-electron chi connectivity index (χ2n) is 7.09. The lowest BCUT2D eigenvalue weighted by Crippen LogP contribution is -2.39. The third-order valence-corrected chi connectivity index (χ3v) is 5.00. The Morgan fingerprint density at radius 3 is 2.57 bits per heavy atom. The third-order valence-electron chi connectivity index (χ3n) is 5.00. The van der Waals surface area contributed by atoms with Crippen molar-refractivity contribution in [3.8, 4) is 0 Å². The van der Waals surface area contributed by atoms with Crippen molar-refractivity contribution in [2.75, 3.05) is 11.9 Å². The number of nitrogens with zero attached hydrogens (tertiary/aromatic N) is 1. The molecule has 0 radical (unpaired) electrons. The van der Waals surface area contributed by atoms with E-state index < -0.39 is 0 Å². The van der Waals surface area contributed by atoms with E-state index in [1.807, 2.05) is 0 Å². The molecular weight excluding hydrogens is 256 g/mol. The molecule has 1 aliphatic carbocycles. The molecule has 2 unspecified atom stereocenters. The maximum absolute atomic E-state index is 3.51. The number of benzene rings is 1. The highest BCUT2D eigenvalue weighted by Crippen LogP contribution is 2.31. The van der Waals surface area contributed by atoms with Gasteiger partial charge in [0, 0.05) is 31.4 Å². The van der Waals surface area contributed by atoms with Gasteiger partial charge in [0.1, 0.15) is 0 Å². The first-order chi connectivity index (χ1) is 9.99. The van der Waals surface area contributed by atoms with Crippen LogP contribution in [0.2, 0.25) is 0 Å². The van der Waals surface area contributed by atoms with Gasteiger partial charge in [0.2, 0.25) is 0 Å². The second-order valence-corrected chi connectivity index (χ2v) is 7.09. The van der Waals surface area contributed by atoms with Crippen LogP contribution in [0.5, 0.6) is 0 Å². The molecule has 118 valence electrons. The van der Waals surface area contributed by atoms with Crippen molar-refractivity contribution < 1.29 is 0 Å².